The van der Waals surface area contributed by atoms with Crippen molar-refractivity contribution in [1.29, 1.82) is 0 Å². The third-order valence-electron chi connectivity index (χ3n) is 9.20. The maximum Gasteiger partial charge on any atom is 0.0642 e. The van der Waals surface area contributed by atoms with Crippen molar-refractivity contribution in [2.75, 3.05) is 70.6 Å². The molecule has 2 saturated heterocycles. The maximum atomic E-state index is 5.70. The molecule has 0 N–H and O–H groups in total. The summed E-state index contributed by atoms with van der Waals surface area (Å²) >= 11 is 0. The van der Waals surface area contributed by atoms with E-state index < -0.39 is 0 Å². The second kappa shape index (κ2) is 15.4. The highest BCUT2D eigenvalue weighted by atomic mass is 16.5. The fraction of sp³-hybridized carbons (Fsp3) is 0.421. The van der Waals surface area contributed by atoms with E-state index >= 15 is 0 Å². The molecule has 7 heteroatoms. The van der Waals surface area contributed by atoms with Gasteiger partial charge in [0.2, 0.25) is 0 Å². The van der Waals surface area contributed by atoms with Crippen LogP contribution in [0, 0.1) is 0 Å². The summed E-state index contributed by atoms with van der Waals surface area (Å²) in [6.07, 6.45) is 12.7. The van der Waals surface area contributed by atoms with Gasteiger partial charge in [0.15, 0.2) is 0 Å². The van der Waals surface area contributed by atoms with Crippen LogP contribution in [0.1, 0.15) is 50.7 Å². The highest BCUT2D eigenvalue weighted by Gasteiger charge is 2.27. The number of hydrogen-bond acceptors (Lipinski definition) is 7. The van der Waals surface area contributed by atoms with Crippen LogP contribution >= 0.6 is 0 Å². The Hall–Kier alpha value is -3.94. The third-order valence-corrected chi connectivity index (χ3v) is 9.20. The molecular weight excluding hydrogens is 558 g/mol. The maximum absolute atomic E-state index is 5.70. The quantitative estimate of drug-likeness (QED) is 0.220. The molecular formula is C38H47N5O2. The van der Waals surface area contributed by atoms with Crippen LogP contribution in [0.4, 0.5) is 5.69 Å². The van der Waals surface area contributed by atoms with E-state index in [2.05, 4.69) is 105 Å². The van der Waals surface area contributed by atoms with E-state index in [0.29, 0.717) is 0 Å². The van der Waals surface area contributed by atoms with E-state index in [9.17, 15) is 0 Å². The van der Waals surface area contributed by atoms with E-state index in [4.69, 9.17) is 9.47 Å². The standard InChI is InChI=1S/C38H47N5O2/c1-3-41(4-2)36-16-10-31(11-17-36)27-33-13-15-35(38(33)43-20-24-45-25-21-43)29-40-39-28-34-14-12-32(26-30-8-6-5-7-9-30)37(34)42-18-22-44-23-19-42/h5-11,16-17,26-29H,3-4,12-15,18-25H2,1-2H3. The van der Waals surface area contributed by atoms with Crippen LogP contribution in [-0.2, 0) is 9.47 Å². The smallest absolute Gasteiger partial charge is 0.0642 e. The number of anilines is 1. The van der Waals surface area contributed by atoms with Crippen molar-refractivity contribution in [2.45, 2.75) is 39.5 Å². The van der Waals surface area contributed by atoms with Crippen molar-refractivity contribution in [3.8, 4) is 0 Å². The second-order valence-electron chi connectivity index (χ2n) is 11.9. The van der Waals surface area contributed by atoms with Gasteiger partial charge in [0, 0.05) is 56.4 Å². The van der Waals surface area contributed by atoms with Crippen LogP contribution in [-0.4, -0.2) is 87.9 Å². The van der Waals surface area contributed by atoms with Crippen LogP contribution in [0.5, 0.6) is 0 Å². The van der Waals surface area contributed by atoms with E-state index in [1.54, 1.807) is 0 Å². The van der Waals surface area contributed by atoms with Gasteiger partial charge in [0.1, 0.15) is 0 Å². The monoisotopic (exact) mass is 605 g/mol. The Morgan fingerprint density at radius 2 is 1.09 bits per heavy atom. The van der Waals surface area contributed by atoms with E-state index in [0.717, 1.165) is 91.4 Å². The zero-order valence-electron chi connectivity index (χ0n) is 27.0. The van der Waals surface area contributed by atoms with Gasteiger partial charge in [-0.3, -0.25) is 0 Å². The van der Waals surface area contributed by atoms with Gasteiger partial charge in [-0.25, -0.2) is 0 Å². The van der Waals surface area contributed by atoms with Crippen molar-refractivity contribution < 1.29 is 9.47 Å². The molecule has 0 bridgehead atoms. The van der Waals surface area contributed by atoms with Gasteiger partial charge < -0.3 is 24.2 Å². The van der Waals surface area contributed by atoms with Crippen molar-refractivity contribution in [2.24, 2.45) is 10.2 Å². The number of ether oxygens (including phenoxy) is 2. The lowest BCUT2D eigenvalue weighted by Crippen LogP contribution is -2.36. The lowest BCUT2D eigenvalue weighted by Gasteiger charge is -2.31. The number of rotatable bonds is 10. The number of benzene rings is 2. The van der Waals surface area contributed by atoms with Crippen molar-refractivity contribution in [3.05, 3.63) is 99.4 Å². The summed E-state index contributed by atoms with van der Waals surface area (Å²) in [4.78, 5) is 7.33. The summed E-state index contributed by atoms with van der Waals surface area (Å²) in [5, 5.41) is 9.28. The predicted molar refractivity (Wildman–Crippen MR) is 187 cm³/mol. The summed E-state index contributed by atoms with van der Waals surface area (Å²) in [5.41, 5.74) is 11.7. The first-order valence-electron chi connectivity index (χ1n) is 16.7. The summed E-state index contributed by atoms with van der Waals surface area (Å²) in [7, 11) is 0. The molecule has 0 aromatic heterocycles. The lowest BCUT2D eigenvalue weighted by atomic mass is 10.1. The molecule has 4 aliphatic rings. The molecule has 2 aromatic rings. The molecule has 6 rings (SSSR count). The predicted octanol–water partition coefficient (Wildman–Crippen LogP) is 6.82. The van der Waals surface area contributed by atoms with Gasteiger partial charge >= 0.3 is 0 Å². The van der Waals surface area contributed by atoms with Gasteiger partial charge in [-0.2, -0.15) is 10.2 Å². The van der Waals surface area contributed by atoms with Gasteiger partial charge in [0.25, 0.3) is 0 Å². The number of hydrogen-bond donors (Lipinski definition) is 0. The molecule has 2 heterocycles. The second-order valence-corrected chi connectivity index (χ2v) is 11.9. The van der Waals surface area contributed by atoms with Crippen molar-refractivity contribution >= 4 is 30.3 Å². The minimum atomic E-state index is 0.759. The summed E-state index contributed by atoms with van der Waals surface area (Å²) < 4.78 is 11.4. The van der Waals surface area contributed by atoms with Crippen molar-refractivity contribution in [1.82, 2.24) is 9.80 Å². The average Bonchev–Trinajstić information content (AvgIpc) is 3.69. The van der Waals surface area contributed by atoms with Crippen LogP contribution < -0.4 is 4.90 Å². The Balaban J connectivity index is 1.25. The summed E-state index contributed by atoms with van der Waals surface area (Å²) in [6.45, 7) is 13.1. The lowest BCUT2D eigenvalue weighted by molar-refractivity contribution is 0.0548. The molecule has 0 amide bonds. The third kappa shape index (κ3) is 7.66. The van der Waals surface area contributed by atoms with Gasteiger partial charge in [0.05, 0.1) is 38.9 Å². The number of nitrogens with zero attached hydrogens (tertiary/aromatic N) is 5. The van der Waals surface area contributed by atoms with E-state index in [1.807, 2.05) is 12.4 Å². The zero-order chi connectivity index (χ0) is 30.8. The zero-order valence-corrected chi connectivity index (χ0v) is 27.0. The van der Waals surface area contributed by atoms with Gasteiger partial charge in [-0.05, 0) is 97.2 Å². The fourth-order valence-electron chi connectivity index (χ4n) is 6.87. The molecule has 0 atom stereocenters. The van der Waals surface area contributed by atoms with Crippen LogP contribution in [0.2, 0.25) is 0 Å². The van der Waals surface area contributed by atoms with Gasteiger partial charge in [-0.15, -0.1) is 0 Å². The van der Waals surface area contributed by atoms with Crippen LogP contribution in [0.3, 0.4) is 0 Å². The first kappa shape index (κ1) is 31.1. The highest BCUT2D eigenvalue weighted by molar-refractivity contribution is 5.86. The van der Waals surface area contributed by atoms with Crippen LogP contribution in [0.25, 0.3) is 12.2 Å². The van der Waals surface area contributed by atoms with E-state index in [1.165, 1.54) is 50.5 Å². The average molecular weight is 606 g/mol. The molecule has 0 unspecified atom stereocenters. The molecule has 0 spiro atoms. The molecule has 2 aromatic carbocycles. The highest BCUT2D eigenvalue weighted by Crippen LogP contribution is 2.36. The molecule has 2 aliphatic heterocycles. The summed E-state index contributed by atoms with van der Waals surface area (Å²) in [5.74, 6) is 0. The largest absolute Gasteiger partial charge is 0.378 e. The van der Waals surface area contributed by atoms with Crippen LogP contribution in [0.15, 0.2) is 98.5 Å². The Morgan fingerprint density at radius 1 is 0.622 bits per heavy atom. The Morgan fingerprint density at radius 3 is 1.56 bits per heavy atom. The minimum absolute atomic E-state index is 0.759. The molecule has 0 saturated carbocycles. The molecule has 2 fully saturated rings. The fourth-order valence-corrected chi connectivity index (χ4v) is 6.87. The Labute approximate surface area is 268 Å². The normalized spacial score (nSPS) is 21.5. The Kier molecular flexibility index (Phi) is 10.6. The Bertz CT molecular complexity index is 1470. The van der Waals surface area contributed by atoms with Gasteiger partial charge in [-0.1, -0.05) is 42.5 Å². The number of allylic oxidation sites excluding steroid dienone is 4. The molecule has 2 aliphatic carbocycles. The number of morpholine rings is 2. The first-order chi connectivity index (χ1) is 22.2. The topological polar surface area (TPSA) is 52.9 Å². The molecule has 7 nitrogen and oxygen atoms in total. The molecule has 0 radical (unpaired) electrons. The summed E-state index contributed by atoms with van der Waals surface area (Å²) in [6, 6.07) is 19.6. The molecule has 236 valence electrons. The molecule has 45 heavy (non-hydrogen) atoms. The van der Waals surface area contributed by atoms with E-state index in [-0.39, 0.29) is 0 Å². The first-order valence-corrected chi connectivity index (χ1v) is 16.7. The minimum Gasteiger partial charge on any atom is -0.378 e. The SMILES string of the molecule is CCN(CC)c1ccc(C=C2CCC(C=NN=CC3=C(N4CCOCC4)C(=Cc4ccccc4)CC3)=C2N2CCOCC2)cc1. The van der Waals surface area contributed by atoms with Crippen molar-refractivity contribution in [3.63, 3.8) is 0 Å².